The molecule has 20 heavy (non-hydrogen) atoms. The molecule has 2 aromatic rings. The number of carboxylic acids is 1. The predicted molar refractivity (Wildman–Crippen MR) is 77.3 cm³/mol. The second-order valence-corrected chi connectivity index (χ2v) is 5.81. The fourth-order valence-electron chi connectivity index (χ4n) is 1.98. The third kappa shape index (κ3) is 3.05. The highest BCUT2D eigenvalue weighted by Gasteiger charge is 2.16. The van der Waals surface area contributed by atoms with Crippen LogP contribution < -0.4 is 5.56 Å². The van der Waals surface area contributed by atoms with E-state index in [1.165, 1.54) is 17.4 Å². The van der Waals surface area contributed by atoms with E-state index in [0.717, 1.165) is 5.69 Å². The summed E-state index contributed by atoms with van der Waals surface area (Å²) in [5, 5.41) is 10.8. The predicted octanol–water partition coefficient (Wildman–Crippen LogP) is 1.36. The molecular formula is C13H17N3O3S. The van der Waals surface area contributed by atoms with Gasteiger partial charge in [0.1, 0.15) is 0 Å². The van der Waals surface area contributed by atoms with Crippen molar-refractivity contribution >= 4 is 22.3 Å². The van der Waals surface area contributed by atoms with Crippen LogP contribution in [0.3, 0.4) is 0 Å². The Bertz CT molecular complexity index is 690. The molecule has 2 rings (SSSR count). The molecule has 0 saturated carbocycles. The Balaban J connectivity index is 2.33. The highest BCUT2D eigenvalue weighted by Crippen LogP contribution is 2.13. The first-order chi connectivity index (χ1) is 9.38. The summed E-state index contributed by atoms with van der Waals surface area (Å²) in [7, 11) is 0. The minimum Gasteiger partial charge on any atom is -0.480 e. The Labute approximate surface area is 120 Å². The molecule has 0 bridgehead atoms. The lowest BCUT2D eigenvalue weighted by molar-refractivity contribution is -0.138. The van der Waals surface area contributed by atoms with E-state index in [1.54, 1.807) is 9.30 Å². The third-order valence-electron chi connectivity index (χ3n) is 3.06. The number of aryl methyl sites for hydroxylation is 1. The number of nitrogens with zero attached hydrogens (tertiary/aromatic N) is 3. The molecule has 0 aliphatic carbocycles. The van der Waals surface area contributed by atoms with E-state index < -0.39 is 5.97 Å². The van der Waals surface area contributed by atoms with Crippen LogP contribution in [0.25, 0.3) is 4.96 Å². The molecule has 6 nitrogen and oxygen atoms in total. The van der Waals surface area contributed by atoms with Crippen LogP contribution in [-0.2, 0) is 11.3 Å². The van der Waals surface area contributed by atoms with Crippen LogP contribution in [0, 0.1) is 6.92 Å². The van der Waals surface area contributed by atoms with E-state index in [4.69, 9.17) is 5.11 Å². The molecule has 2 heterocycles. The summed E-state index contributed by atoms with van der Waals surface area (Å²) < 4.78 is 1.56. The van der Waals surface area contributed by atoms with E-state index in [1.807, 2.05) is 26.2 Å². The van der Waals surface area contributed by atoms with Gasteiger partial charge in [0.2, 0.25) is 0 Å². The molecule has 1 N–H and O–H groups in total. The van der Waals surface area contributed by atoms with Crippen LogP contribution in [0.5, 0.6) is 0 Å². The maximum absolute atomic E-state index is 12.0. The summed E-state index contributed by atoms with van der Waals surface area (Å²) in [6.07, 6.45) is 0. The van der Waals surface area contributed by atoms with Gasteiger partial charge in [-0.25, -0.2) is 4.98 Å². The quantitative estimate of drug-likeness (QED) is 0.901. The van der Waals surface area contributed by atoms with Gasteiger partial charge < -0.3 is 5.11 Å². The average molecular weight is 295 g/mol. The fourth-order valence-corrected chi connectivity index (χ4v) is 2.88. The number of carbonyl (C=O) groups is 1. The molecule has 0 radical (unpaired) electrons. The Kier molecular flexibility index (Phi) is 4.20. The standard InChI is InChI=1S/C13H17N3O3S/c1-8(2)15(6-12(18)19)5-10-4-11(17)16-9(3)7-20-13(16)14-10/h4,7-8H,5-6H2,1-3H3,(H,18,19). The molecule has 7 heteroatoms. The summed E-state index contributed by atoms with van der Waals surface area (Å²) in [5.74, 6) is -0.886. The molecule has 0 spiro atoms. The summed E-state index contributed by atoms with van der Waals surface area (Å²) >= 11 is 1.41. The van der Waals surface area contributed by atoms with Gasteiger partial charge in [0.25, 0.3) is 5.56 Å². The van der Waals surface area contributed by atoms with Crippen molar-refractivity contribution in [1.29, 1.82) is 0 Å². The van der Waals surface area contributed by atoms with Crippen molar-refractivity contribution in [3.63, 3.8) is 0 Å². The lowest BCUT2D eigenvalue weighted by Gasteiger charge is -2.23. The molecule has 0 fully saturated rings. The summed E-state index contributed by atoms with van der Waals surface area (Å²) in [6.45, 7) is 5.99. The third-order valence-corrected chi connectivity index (χ3v) is 4.01. The molecule has 0 amide bonds. The Hall–Kier alpha value is -1.73. The molecular weight excluding hydrogens is 278 g/mol. The van der Waals surface area contributed by atoms with Crippen molar-refractivity contribution in [3.05, 3.63) is 33.2 Å². The summed E-state index contributed by atoms with van der Waals surface area (Å²) in [5.41, 5.74) is 1.34. The van der Waals surface area contributed by atoms with Gasteiger partial charge in [0.05, 0.1) is 12.2 Å². The molecule has 0 aromatic carbocycles. The molecule has 0 aliphatic heterocycles. The lowest BCUT2D eigenvalue weighted by Crippen LogP contribution is -2.35. The van der Waals surface area contributed by atoms with Gasteiger partial charge in [-0.2, -0.15) is 0 Å². The SMILES string of the molecule is Cc1csc2nc(CN(CC(=O)O)C(C)C)cc(=O)n12. The van der Waals surface area contributed by atoms with Crippen LogP contribution in [-0.4, -0.2) is 37.9 Å². The van der Waals surface area contributed by atoms with Crippen LogP contribution in [0.2, 0.25) is 0 Å². The number of thiazole rings is 1. The van der Waals surface area contributed by atoms with Crippen LogP contribution in [0.4, 0.5) is 0 Å². The van der Waals surface area contributed by atoms with Crippen LogP contribution in [0.15, 0.2) is 16.2 Å². The smallest absolute Gasteiger partial charge is 0.317 e. The maximum atomic E-state index is 12.0. The first-order valence-electron chi connectivity index (χ1n) is 6.31. The number of aromatic nitrogens is 2. The van der Waals surface area contributed by atoms with Gasteiger partial charge in [0.15, 0.2) is 4.96 Å². The Morgan fingerprint density at radius 1 is 1.55 bits per heavy atom. The Morgan fingerprint density at radius 3 is 2.85 bits per heavy atom. The molecule has 0 unspecified atom stereocenters. The zero-order chi connectivity index (χ0) is 14.9. The number of hydrogen-bond donors (Lipinski definition) is 1. The van der Waals surface area contributed by atoms with E-state index in [0.29, 0.717) is 17.2 Å². The first-order valence-corrected chi connectivity index (χ1v) is 7.19. The number of aliphatic carboxylic acids is 1. The Morgan fingerprint density at radius 2 is 2.25 bits per heavy atom. The van der Waals surface area contributed by atoms with Gasteiger partial charge in [-0.15, -0.1) is 11.3 Å². The number of fused-ring (bicyclic) bond motifs is 1. The van der Waals surface area contributed by atoms with Crippen molar-refractivity contribution in [1.82, 2.24) is 14.3 Å². The van der Waals surface area contributed by atoms with Gasteiger partial charge in [-0.05, 0) is 20.8 Å². The van der Waals surface area contributed by atoms with Gasteiger partial charge in [-0.1, -0.05) is 0 Å². The topological polar surface area (TPSA) is 74.9 Å². The highest BCUT2D eigenvalue weighted by molar-refractivity contribution is 7.15. The van der Waals surface area contributed by atoms with E-state index in [-0.39, 0.29) is 18.1 Å². The molecule has 0 saturated heterocycles. The molecule has 0 aliphatic rings. The van der Waals surface area contributed by atoms with E-state index >= 15 is 0 Å². The number of carboxylic acid groups (broad SMARTS) is 1. The monoisotopic (exact) mass is 295 g/mol. The fraction of sp³-hybridized carbons (Fsp3) is 0.462. The molecule has 2 aromatic heterocycles. The van der Waals surface area contributed by atoms with Crippen molar-refractivity contribution in [3.8, 4) is 0 Å². The van der Waals surface area contributed by atoms with Gasteiger partial charge >= 0.3 is 5.97 Å². The second kappa shape index (κ2) is 5.72. The number of hydrogen-bond acceptors (Lipinski definition) is 5. The van der Waals surface area contributed by atoms with Crippen molar-refractivity contribution in [2.45, 2.75) is 33.4 Å². The first kappa shape index (κ1) is 14.7. The normalized spacial score (nSPS) is 11.7. The summed E-state index contributed by atoms with van der Waals surface area (Å²) in [4.78, 5) is 29.8. The minimum absolute atomic E-state index is 0.0661. The van der Waals surface area contributed by atoms with Gasteiger partial charge in [-0.3, -0.25) is 18.9 Å². The van der Waals surface area contributed by atoms with E-state index in [2.05, 4.69) is 4.98 Å². The summed E-state index contributed by atoms with van der Waals surface area (Å²) in [6, 6.07) is 1.54. The van der Waals surface area contributed by atoms with Crippen molar-refractivity contribution in [2.24, 2.45) is 0 Å². The lowest BCUT2D eigenvalue weighted by atomic mass is 10.2. The highest BCUT2D eigenvalue weighted by atomic mass is 32.1. The molecule has 108 valence electrons. The van der Waals surface area contributed by atoms with Crippen LogP contribution >= 0.6 is 11.3 Å². The van der Waals surface area contributed by atoms with Gasteiger partial charge in [0, 0.05) is 29.7 Å². The molecule has 0 atom stereocenters. The maximum Gasteiger partial charge on any atom is 0.317 e. The van der Waals surface area contributed by atoms with Crippen molar-refractivity contribution in [2.75, 3.05) is 6.54 Å². The minimum atomic E-state index is -0.886. The van der Waals surface area contributed by atoms with Crippen molar-refractivity contribution < 1.29 is 9.90 Å². The largest absolute Gasteiger partial charge is 0.480 e. The zero-order valence-electron chi connectivity index (χ0n) is 11.7. The zero-order valence-corrected chi connectivity index (χ0v) is 12.5. The second-order valence-electron chi connectivity index (χ2n) is 4.97. The average Bonchev–Trinajstić information content (AvgIpc) is 2.69. The van der Waals surface area contributed by atoms with Crippen LogP contribution in [0.1, 0.15) is 25.2 Å². The number of rotatable bonds is 5. The van der Waals surface area contributed by atoms with E-state index in [9.17, 15) is 9.59 Å².